The SMILES string of the molecule is OCC(c1ccc(Cl)cc1)c1ccc(-c2cn[nH]c2)cc1. The first-order chi connectivity index (χ1) is 10.3. The molecule has 106 valence electrons. The maximum absolute atomic E-state index is 9.71. The lowest BCUT2D eigenvalue weighted by Crippen LogP contribution is -2.05. The molecule has 0 saturated heterocycles. The van der Waals surface area contributed by atoms with Gasteiger partial charge in [-0.05, 0) is 28.8 Å². The number of aromatic nitrogens is 2. The van der Waals surface area contributed by atoms with Crippen molar-refractivity contribution in [3.63, 3.8) is 0 Å². The number of H-pyrrole nitrogens is 1. The Labute approximate surface area is 128 Å². The van der Waals surface area contributed by atoms with Crippen molar-refractivity contribution >= 4 is 11.6 Å². The largest absolute Gasteiger partial charge is 0.395 e. The van der Waals surface area contributed by atoms with Gasteiger partial charge in [0.15, 0.2) is 0 Å². The Morgan fingerprint density at radius 2 is 1.57 bits per heavy atom. The molecule has 0 aliphatic carbocycles. The van der Waals surface area contributed by atoms with Gasteiger partial charge in [0.2, 0.25) is 0 Å². The summed E-state index contributed by atoms with van der Waals surface area (Å²) in [6, 6.07) is 15.8. The predicted molar refractivity (Wildman–Crippen MR) is 84.4 cm³/mol. The van der Waals surface area contributed by atoms with Crippen molar-refractivity contribution in [3.8, 4) is 11.1 Å². The van der Waals surface area contributed by atoms with Crippen LogP contribution in [0.5, 0.6) is 0 Å². The summed E-state index contributed by atoms with van der Waals surface area (Å²) in [5.41, 5.74) is 4.28. The summed E-state index contributed by atoms with van der Waals surface area (Å²) in [5.74, 6) is -0.0410. The van der Waals surface area contributed by atoms with Gasteiger partial charge in [-0.2, -0.15) is 5.10 Å². The highest BCUT2D eigenvalue weighted by molar-refractivity contribution is 6.30. The van der Waals surface area contributed by atoms with E-state index in [1.165, 1.54) is 0 Å². The second-order valence-corrected chi connectivity index (χ2v) is 5.33. The van der Waals surface area contributed by atoms with Gasteiger partial charge < -0.3 is 5.11 Å². The lowest BCUT2D eigenvalue weighted by atomic mass is 9.91. The van der Waals surface area contributed by atoms with E-state index in [-0.39, 0.29) is 12.5 Å². The first-order valence-corrected chi connectivity index (χ1v) is 7.11. The van der Waals surface area contributed by atoms with Crippen molar-refractivity contribution < 1.29 is 5.11 Å². The number of hydrogen-bond donors (Lipinski definition) is 2. The van der Waals surface area contributed by atoms with Crippen molar-refractivity contribution in [2.75, 3.05) is 6.61 Å². The van der Waals surface area contributed by atoms with Crippen LogP contribution in [0.25, 0.3) is 11.1 Å². The maximum Gasteiger partial charge on any atom is 0.0565 e. The van der Waals surface area contributed by atoms with Gasteiger partial charge in [0, 0.05) is 22.7 Å². The molecule has 1 atom stereocenters. The highest BCUT2D eigenvalue weighted by Gasteiger charge is 2.13. The van der Waals surface area contributed by atoms with Gasteiger partial charge in [-0.25, -0.2) is 0 Å². The zero-order valence-electron chi connectivity index (χ0n) is 11.3. The number of halogens is 1. The van der Waals surface area contributed by atoms with Crippen LogP contribution in [0.4, 0.5) is 0 Å². The van der Waals surface area contributed by atoms with Crippen LogP contribution in [-0.4, -0.2) is 21.9 Å². The zero-order valence-corrected chi connectivity index (χ0v) is 12.1. The average Bonchev–Trinajstić information content (AvgIpc) is 3.05. The van der Waals surface area contributed by atoms with Gasteiger partial charge in [-0.15, -0.1) is 0 Å². The third-order valence-corrected chi connectivity index (χ3v) is 3.85. The molecule has 3 nitrogen and oxygen atoms in total. The molecule has 3 rings (SSSR count). The number of nitrogens with zero attached hydrogens (tertiary/aromatic N) is 1. The van der Waals surface area contributed by atoms with E-state index in [1.807, 2.05) is 54.7 Å². The molecule has 0 fully saturated rings. The van der Waals surface area contributed by atoms with E-state index >= 15 is 0 Å². The monoisotopic (exact) mass is 298 g/mol. The number of nitrogens with one attached hydrogen (secondary N) is 1. The van der Waals surface area contributed by atoms with E-state index in [2.05, 4.69) is 10.2 Å². The molecule has 0 aliphatic rings. The molecule has 0 radical (unpaired) electrons. The van der Waals surface area contributed by atoms with E-state index in [1.54, 1.807) is 6.20 Å². The van der Waals surface area contributed by atoms with Crippen molar-refractivity contribution in [1.82, 2.24) is 10.2 Å². The van der Waals surface area contributed by atoms with Gasteiger partial charge in [0.05, 0.1) is 12.8 Å². The molecular weight excluding hydrogens is 284 g/mol. The number of aliphatic hydroxyl groups excluding tert-OH is 1. The zero-order chi connectivity index (χ0) is 14.7. The fourth-order valence-electron chi connectivity index (χ4n) is 2.41. The predicted octanol–water partition coefficient (Wildman–Crippen LogP) is 3.85. The Kier molecular flexibility index (Phi) is 4.04. The molecule has 2 aromatic carbocycles. The first-order valence-electron chi connectivity index (χ1n) is 6.73. The van der Waals surface area contributed by atoms with Gasteiger partial charge in [-0.3, -0.25) is 5.10 Å². The first kappa shape index (κ1) is 13.9. The molecule has 0 aliphatic heterocycles. The van der Waals surface area contributed by atoms with Crippen molar-refractivity contribution in [3.05, 3.63) is 77.1 Å². The molecule has 1 aromatic heterocycles. The molecule has 21 heavy (non-hydrogen) atoms. The maximum atomic E-state index is 9.71. The van der Waals surface area contributed by atoms with Gasteiger partial charge in [0.1, 0.15) is 0 Å². The molecule has 0 amide bonds. The van der Waals surface area contributed by atoms with Crippen LogP contribution in [-0.2, 0) is 0 Å². The summed E-state index contributed by atoms with van der Waals surface area (Å²) in [6.07, 6.45) is 3.65. The molecule has 1 heterocycles. The second kappa shape index (κ2) is 6.12. The minimum Gasteiger partial charge on any atom is -0.395 e. The fourth-order valence-corrected chi connectivity index (χ4v) is 2.54. The lowest BCUT2D eigenvalue weighted by Gasteiger charge is -2.15. The second-order valence-electron chi connectivity index (χ2n) is 4.90. The van der Waals surface area contributed by atoms with Crippen LogP contribution in [0.2, 0.25) is 5.02 Å². The highest BCUT2D eigenvalue weighted by atomic mass is 35.5. The standard InChI is InChI=1S/C17H15ClN2O/c18-16-7-5-14(6-8-16)17(11-21)13-3-1-12(2-4-13)15-9-19-20-10-15/h1-10,17,21H,11H2,(H,19,20). The van der Waals surface area contributed by atoms with E-state index < -0.39 is 0 Å². The van der Waals surface area contributed by atoms with Crippen LogP contribution in [0, 0.1) is 0 Å². The summed E-state index contributed by atoms with van der Waals surface area (Å²) < 4.78 is 0. The van der Waals surface area contributed by atoms with Crippen molar-refractivity contribution in [1.29, 1.82) is 0 Å². The summed E-state index contributed by atoms with van der Waals surface area (Å²) in [6.45, 7) is 0.0622. The molecule has 4 heteroatoms. The van der Waals surface area contributed by atoms with Crippen LogP contribution in [0.3, 0.4) is 0 Å². The van der Waals surface area contributed by atoms with Crippen LogP contribution in [0.1, 0.15) is 17.0 Å². The number of benzene rings is 2. The lowest BCUT2D eigenvalue weighted by molar-refractivity contribution is 0.280. The minimum atomic E-state index is -0.0410. The smallest absolute Gasteiger partial charge is 0.0565 e. The summed E-state index contributed by atoms with van der Waals surface area (Å²) >= 11 is 5.91. The Balaban J connectivity index is 1.89. The Hall–Kier alpha value is -2.10. The highest BCUT2D eigenvalue weighted by Crippen LogP contribution is 2.27. The topological polar surface area (TPSA) is 48.9 Å². The van der Waals surface area contributed by atoms with Crippen molar-refractivity contribution in [2.45, 2.75) is 5.92 Å². The molecule has 0 saturated carbocycles. The average molecular weight is 299 g/mol. The fraction of sp³-hybridized carbons (Fsp3) is 0.118. The van der Waals surface area contributed by atoms with E-state index in [9.17, 15) is 5.11 Å². The molecule has 3 aromatic rings. The molecule has 1 unspecified atom stereocenters. The molecule has 0 spiro atoms. The minimum absolute atomic E-state index is 0.0410. The van der Waals surface area contributed by atoms with Crippen LogP contribution < -0.4 is 0 Å². The van der Waals surface area contributed by atoms with Gasteiger partial charge >= 0.3 is 0 Å². The van der Waals surface area contributed by atoms with Gasteiger partial charge in [0.25, 0.3) is 0 Å². The summed E-state index contributed by atoms with van der Waals surface area (Å²) in [7, 11) is 0. The normalized spacial score (nSPS) is 12.3. The molecule has 2 N–H and O–H groups in total. The molecular formula is C17H15ClN2O. The number of aromatic amines is 1. The van der Waals surface area contributed by atoms with E-state index in [0.29, 0.717) is 5.02 Å². The summed E-state index contributed by atoms with van der Waals surface area (Å²) in [4.78, 5) is 0. The molecule has 0 bridgehead atoms. The third kappa shape index (κ3) is 2.99. The Morgan fingerprint density at radius 3 is 2.10 bits per heavy atom. The van der Waals surface area contributed by atoms with E-state index in [0.717, 1.165) is 22.3 Å². The Bertz CT molecular complexity index is 691. The quantitative estimate of drug-likeness (QED) is 0.768. The Morgan fingerprint density at radius 1 is 0.952 bits per heavy atom. The third-order valence-electron chi connectivity index (χ3n) is 3.60. The van der Waals surface area contributed by atoms with Gasteiger partial charge in [-0.1, -0.05) is 48.0 Å². The summed E-state index contributed by atoms with van der Waals surface area (Å²) in [5, 5.41) is 17.2. The number of aliphatic hydroxyl groups is 1. The van der Waals surface area contributed by atoms with E-state index in [4.69, 9.17) is 11.6 Å². The number of rotatable bonds is 4. The number of hydrogen-bond acceptors (Lipinski definition) is 2. The van der Waals surface area contributed by atoms with Crippen LogP contribution in [0.15, 0.2) is 60.9 Å². The van der Waals surface area contributed by atoms with Crippen molar-refractivity contribution in [2.24, 2.45) is 0 Å². The van der Waals surface area contributed by atoms with Crippen LogP contribution >= 0.6 is 11.6 Å².